The van der Waals surface area contributed by atoms with Crippen molar-refractivity contribution in [2.45, 2.75) is 12.8 Å². The summed E-state index contributed by atoms with van der Waals surface area (Å²) in [4.78, 5) is 0. The second-order valence-electron chi connectivity index (χ2n) is 6.27. The molecule has 1 aliphatic rings. The van der Waals surface area contributed by atoms with E-state index >= 15 is 0 Å². The third-order valence-electron chi connectivity index (χ3n) is 5.11. The zero-order valence-corrected chi connectivity index (χ0v) is 15.5. The monoisotopic (exact) mass is 350 g/mol. The van der Waals surface area contributed by atoms with Crippen LogP contribution in [0.3, 0.4) is 0 Å². The van der Waals surface area contributed by atoms with Gasteiger partial charge in [0.1, 0.15) is 23.0 Å². The Morgan fingerprint density at radius 1 is 0.577 bits per heavy atom. The molecule has 0 heterocycles. The highest BCUT2D eigenvalue weighted by Crippen LogP contribution is 2.53. The Morgan fingerprint density at radius 3 is 1.31 bits per heavy atom. The minimum atomic E-state index is 0.781. The van der Waals surface area contributed by atoms with Gasteiger partial charge in [0.05, 0.1) is 39.2 Å². The standard InChI is InChI=1S/C22H22O4/c1-23-19-13-9-5-6-10-14(13)21(25-3)18-17(19)20(24-2)15-11-7-8-12-16(15)22(18)26-4/h5-10H,11-12H2,1-4H3. The molecule has 4 nitrogen and oxygen atoms in total. The van der Waals surface area contributed by atoms with E-state index in [1.165, 1.54) is 0 Å². The van der Waals surface area contributed by atoms with Crippen LogP contribution in [0.15, 0.2) is 36.4 Å². The Balaban J connectivity index is 2.34. The first-order chi connectivity index (χ1) is 12.8. The molecule has 4 rings (SSSR count). The minimum absolute atomic E-state index is 0.781. The quantitative estimate of drug-likeness (QED) is 0.506. The fourth-order valence-corrected chi connectivity index (χ4v) is 4.09. The highest BCUT2D eigenvalue weighted by molar-refractivity contribution is 6.16. The molecular formula is C22H22O4. The molecule has 0 aromatic heterocycles. The molecule has 134 valence electrons. The Labute approximate surface area is 152 Å². The molecule has 0 fully saturated rings. The lowest BCUT2D eigenvalue weighted by Gasteiger charge is -2.25. The fraction of sp³-hybridized carbons (Fsp3) is 0.273. The number of hydrogen-bond donors (Lipinski definition) is 0. The zero-order valence-electron chi connectivity index (χ0n) is 15.5. The van der Waals surface area contributed by atoms with Gasteiger partial charge >= 0.3 is 0 Å². The molecule has 0 amide bonds. The van der Waals surface area contributed by atoms with Crippen LogP contribution < -0.4 is 18.9 Å². The van der Waals surface area contributed by atoms with E-state index < -0.39 is 0 Å². The van der Waals surface area contributed by atoms with Crippen molar-refractivity contribution in [1.82, 2.24) is 0 Å². The van der Waals surface area contributed by atoms with Gasteiger partial charge in [-0.2, -0.15) is 0 Å². The molecule has 0 spiro atoms. The van der Waals surface area contributed by atoms with Gasteiger partial charge in [-0.05, 0) is 12.8 Å². The summed E-state index contributed by atoms with van der Waals surface area (Å²) in [5.41, 5.74) is 2.30. The van der Waals surface area contributed by atoms with Gasteiger partial charge in [-0.3, -0.25) is 0 Å². The number of ether oxygens (including phenoxy) is 4. The van der Waals surface area contributed by atoms with Gasteiger partial charge in [-0.1, -0.05) is 36.4 Å². The van der Waals surface area contributed by atoms with Gasteiger partial charge in [-0.25, -0.2) is 0 Å². The molecule has 26 heavy (non-hydrogen) atoms. The fourth-order valence-electron chi connectivity index (χ4n) is 4.09. The summed E-state index contributed by atoms with van der Waals surface area (Å²) in [5.74, 6) is 3.23. The smallest absolute Gasteiger partial charge is 0.138 e. The Kier molecular flexibility index (Phi) is 4.11. The zero-order chi connectivity index (χ0) is 18.3. The minimum Gasteiger partial charge on any atom is -0.496 e. The number of fused-ring (bicyclic) bond motifs is 3. The lowest BCUT2D eigenvalue weighted by Crippen LogP contribution is -2.07. The number of benzene rings is 3. The van der Waals surface area contributed by atoms with E-state index in [1.807, 2.05) is 24.3 Å². The van der Waals surface area contributed by atoms with Crippen molar-refractivity contribution in [2.75, 3.05) is 28.4 Å². The molecule has 0 radical (unpaired) electrons. The van der Waals surface area contributed by atoms with E-state index in [-0.39, 0.29) is 0 Å². The lowest BCUT2D eigenvalue weighted by molar-refractivity contribution is 0.391. The van der Waals surface area contributed by atoms with E-state index in [4.69, 9.17) is 18.9 Å². The summed E-state index contributed by atoms with van der Waals surface area (Å²) in [6, 6.07) is 8.09. The van der Waals surface area contributed by atoms with Crippen LogP contribution in [0.4, 0.5) is 0 Å². The normalized spacial score (nSPS) is 12.9. The van der Waals surface area contributed by atoms with Crippen LogP contribution in [0.25, 0.3) is 21.5 Å². The number of rotatable bonds is 4. The van der Waals surface area contributed by atoms with Gasteiger partial charge in [0.25, 0.3) is 0 Å². The van der Waals surface area contributed by atoms with E-state index in [1.54, 1.807) is 28.4 Å². The van der Waals surface area contributed by atoms with E-state index in [0.717, 1.165) is 68.5 Å². The second kappa shape index (κ2) is 6.45. The molecule has 4 heteroatoms. The molecule has 0 bridgehead atoms. The average molecular weight is 350 g/mol. The highest BCUT2D eigenvalue weighted by atomic mass is 16.5. The molecule has 0 atom stereocenters. The van der Waals surface area contributed by atoms with Crippen molar-refractivity contribution in [3.05, 3.63) is 47.5 Å². The van der Waals surface area contributed by atoms with Crippen molar-refractivity contribution < 1.29 is 18.9 Å². The highest BCUT2D eigenvalue weighted by Gasteiger charge is 2.28. The molecule has 0 saturated carbocycles. The summed E-state index contributed by atoms with van der Waals surface area (Å²) in [5, 5.41) is 3.78. The van der Waals surface area contributed by atoms with E-state index in [0.29, 0.717) is 0 Å². The van der Waals surface area contributed by atoms with Crippen molar-refractivity contribution in [1.29, 1.82) is 0 Å². The maximum atomic E-state index is 5.89. The summed E-state index contributed by atoms with van der Waals surface area (Å²) in [6.45, 7) is 0. The largest absolute Gasteiger partial charge is 0.496 e. The third-order valence-corrected chi connectivity index (χ3v) is 5.11. The van der Waals surface area contributed by atoms with Crippen LogP contribution in [0.1, 0.15) is 11.1 Å². The first kappa shape index (κ1) is 16.6. The SMILES string of the molecule is COc1c2c(c(OC)c3c(OC)c4ccccc4c(OC)c13)CC=CC2. The Bertz CT molecular complexity index is 952. The van der Waals surface area contributed by atoms with Crippen LogP contribution in [0.2, 0.25) is 0 Å². The van der Waals surface area contributed by atoms with E-state index in [2.05, 4.69) is 12.2 Å². The van der Waals surface area contributed by atoms with E-state index in [9.17, 15) is 0 Å². The number of allylic oxidation sites excluding steroid dienone is 2. The third kappa shape index (κ3) is 2.15. The topological polar surface area (TPSA) is 36.9 Å². The predicted molar refractivity (Wildman–Crippen MR) is 104 cm³/mol. The molecule has 0 aliphatic heterocycles. The maximum Gasteiger partial charge on any atom is 0.138 e. The van der Waals surface area contributed by atoms with Crippen LogP contribution in [-0.2, 0) is 12.8 Å². The van der Waals surface area contributed by atoms with Gasteiger partial charge < -0.3 is 18.9 Å². The van der Waals surface area contributed by atoms with Crippen LogP contribution in [-0.4, -0.2) is 28.4 Å². The Hall–Kier alpha value is -2.88. The predicted octanol–water partition coefficient (Wildman–Crippen LogP) is 4.68. The Morgan fingerprint density at radius 2 is 0.962 bits per heavy atom. The van der Waals surface area contributed by atoms with Crippen LogP contribution >= 0.6 is 0 Å². The molecular weight excluding hydrogens is 328 g/mol. The van der Waals surface area contributed by atoms with Gasteiger partial charge in [0, 0.05) is 21.9 Å². The van der Waals surface area contributed by atoms with Crippen molar-refractivity contribution in [3.63, 3.8) is 0 Å². The van der Waals surface area contributed by atoms with Crippen LogP contribution in [0.5, 0.6) is 23.0 Å². The molecule has 0 saturated heterocycles. The van der Waals surface area contributed by atoms with Gasteiger partial charge in [0.2, 0.25) is 0 Å². The van der Waals surface area contributed by atoms with Gasteiger partial charge in [-0.15, -0.1) is 0 Å². The summed E-state index contributed by atoms with van der Waals surface area (Å²) in [6.07, 6.45) is 5.95. The summed E-state index contributed by atoms with van der Waals surface area (Å²) in [7, 11) is 6.81. The van der Waals surface area contributed by atoms with Crippen LogP contribution in [0, 0.1) is 0 Å². The second-order valence-corrected chi connectivity index (χ2v) is 6.27. The maximum absolute atomic E-state index is 5.89. The molecule has 3 aromatic carbocycles. The first-order valence-corrected chi connectivity index (χ1v) is 8.63. The van der Waals surface area contributed by atoms with Crippen molar-refractivity contribution >= 4 is 21.5 Å². The van der Waals surface area contributed by atoms with Gasteiger partial charge in [0.15, 0.2) is 0 Å². The molecule has 3 aromatic rings. The lowest BCUT2D eigenvalue weighted by atomic mass is 9.88. The summed E-state index contributed by atoms with van der Waals surface area (Å²) >= 11 is 0. The molecule has 1 aliphatic carbocycles. The summed E-state index contributed by atoms with van der Waals surface area (Å²) < 4.78 is 23.5. The first-order valence-electron chi connectivity index (χ1n) is 8.63. The number of methoxy groups -OCH3 is 4. The molecule has 0 unspecified atom stereocenters. The molecule has 0 N–H and O–H groups in total. The van der Waals surface area contributed by atoms with Crippen molar-refractivity contribution in [2.24, 2.45) is 0 Å². The number of hydrogen-bond acceptors (Lipinski definition) is 4. The van der Waals surface area contributed by atoms with Crippen molar-refractivity contribution in [3.8, 4) is 23.0 Å². The average Bonchev–Trinajstić information content (AvgIpc) is 2.70.